The molecule has 1 aromatic carbocycles. The van der Waals surface area contributed by atoms with Crippen LogP contribution in [-0.4, -0.2) is 73.8 Å². The highest BCUT2D eigenvalue weighted by molar-refractivity contribution is 5.92. The van der Waals surface area contributed by atoms with Crippen LogP contribution in [0.3, 0.4) is 0 Å². The molecule has 1 fully saturated rings. The number of hydrogen-bond acceptors (Lipinski definition) is 6. The minimum Gasteiger partial charge on any atom is -0.334 e. The Morgan fingerprint density at radius 3 is 2.51 bits per heavy atom. The smallest absolute Gasteiger partial charge is 0.272 e. The van der Waals surface area contributed by atoms with Gasteiger partial charge in [-0.3, -0.25) is 19.5 Å². The van der Waals surface area contributed by atoms with Crippen LogP contribution in [-0.2, 0) is 0 Å². The zero-order valence-corrected chi connectivity index (χ0v) is 23.3. The number of amides is 1. The van der Waals surface area contributed by atoms with Crippen LogP contribution in [0.1, 0.15) is 65.7 Å². The van der Waals surface area contributed by atoms with E-state index >= 15 is 0 Å². The van der Waals surface area contributed by atoms with Crippen LogP contribution in [0, 0.1) is 12.7 Å². The molecule has 1 amide bonds. The molecule has 0 spiro atoms. The standard InChI is InChI=1S/C17H16FN3O.C13H19N3O/c1-10(2)14-7-16(12-5-4-11(3)15(18)6-12)20-21-8-13(9-22)19-17(14)21;1-13(2)10-16(9-8-15(13)3)12(17)11-6-4-5-7-14-11/h4-10H,1-3H3;4-7H,8-10H2,1-3H3. The van der Waals surface area contributed by atoms with Crippen molar-refractivity contribution >= 4 is 17.8 Å². The molecule has 0 bridgehead atoms. The number of imidazole rings is 1. The molecule has 4 heterocycles. The van der Waals surface area contributed by atoms with Crippen molar-refractivity contribution in [3.05, 3.63) is 83.2 Å². The number of piperazine rings is 1. The van der Waals surface area contributed by atoms with E-state index in [1.165, 1.54) is 6.07 Å². The van der Waals surface area contributed by atoms with Crippen LogP contribution >= 0.6 is 0 Å². The van der Waals surface area contributed by atoms with Gasteiger partial charge in [-0.2, -0.15) is 5.10 Å². The Hall–Kier alpha value is -3.98. The Kier molecular flexibility index (Phi) is 8.20. The summed E-state index contributed by atoms with van der Waals surface area (Å²) in [5.41, 5.74) is 4.49. The van der Waals surface area contributed by atoms with Crippen molar-refractivity contribution in [1.29, 1.82) is 0 Å². The summed E-state index contributed by atoms with van der Waals surface area (Å²) < 4.78 is 15.4. The fourth-order valence-electron chi connectivity index (χ4n) is 4.46. The number of aromatic nitrogens is 4. The molecular weight excluding hydrogens is 495 g/mol. The quantitative estimate of drug-likeness (QED) is 0.344. The SMILES string of the molecule is CN1CCN(C(=O)c2ccccn2)CC1(C)C.Cc1ccc(-c2cc(C(C)C)c3nc(C=O)cn3n2)cc1F. The molecule has 0 N–H and O–H groups in total. The number of halogens is 1. The van der Waals surface area contributed by atoms with Crippen molar-refractivity contribution < 1.29 is 14.0 Å². The maximum Gasteiger partial charge on any atom is 0.272 e. The summed E-state index contributed by atoms with van der Waals surface area (Å²) >= 11 is 0. The number of carbonyl (C=O) groups excluding carboxylic acids is 2. The lowest BCUT2D eigenvalue weighted by molar-refractivity contribution is 0.0307. The molecule has 4 aromatic rings. The largest absolute Gasteiger partial charge is 0.334 e. The highest BCUT2D eigenvalue weighted by atomic mass is 19.1. The van der Waals surface area contributed by atoms with Gasteiger partial charge in [-0.15, -0.1) is 0 Å². The van der Waals surface area contributed by atoms with Crippen molar-refractivity contribution in [2.75, 3.05) is 26.7 Å². The number of rotatable bonds is 4. The molecule has 9 heteroatoms. The van der Waals surface area contributed by atoms with Crippen molar-refractivity contribution in [3.63, 3.8) is 0 Å². The molecule has 0 radical (unpaired) electrons. The van der Waals surface area contributed by atoms with Gasteiger partial charge < -0.3 is 4.90 Å². The molecular formula is C30H35FN6O2. The average molecular weight is 531 g/mol. The van der Waals surface area contributed by atoms with E-state index in [-0.39, 0.29) is 23.2 Å². The Morgan fingerprint density at radius 1 is 1.13 bits per heavy atom. The summed E-state index contributed by atoms with van der Waals surface area (Å²) in [7, 11) is 2.10. The van der Waals surface area contributed by atoms with Crippen LogP contribution in [0.2, 0.25) is 0 Å². The van der Waals surface area contributed by atoms with Gasteiger partial charge in [0.2, 0.25) is 0 Å². The minimum absolute atomic E-state index is 0.0304. The summed E-state index contributed by atoms with van der Waals surface area (Å²) in [4.78, 5) is 35.8. The van der Waals surface area contributed by atoms with E-state index < -0.39 is 0 Å². The lowest BCUT2D eigenvalue weighted by Gasteiger charge is -2.45. The molecule has 0 atom stereocenters. The Balaban J connectivity index is 0.000000187. The number of fused-ring (bicyclic) bond motifs is 1. The normalized spacial score (nSPS) is 15.2. The van der Waals surface area contributed by atoms with Crippen molar-refractivity contribution in [2.45, 2.75) is 46.1 Å². The lowest BCUT2D eigenvalue weighted by Crippen LogP contribution is -2.58. The molecule has 8 nitrogen and oxygen atoms in total. The third-order valence-electron chi connectivity index (χ3n) is 7.17. The molecule has 1 saturated heterocycles. The summed E-state index contributed by atoms with van der Waals surface area (Å²) in [6, 6.07) is 12.4. The van der Waals surface area contributed by atoms with E-state index in [0.717, 1.165) is 25.2 Å². The van der Waals surface area contributed by atoms with Crippen molar-refractivity contribution in [2.24, 2.45) is 0 Å². The zero-order valence-electron chi connectivity index (χ0n) is 23.3. The van der Waals surface area contributed by atoms with E-state index in [9.17, 15) is 14.0 Å². The second-order valence-corrected chi connectivity index (χ2v) is 10.8. The second kappa shape index (κ2) is 11.4. The van der Waals surface area contributed by atoms with E-state index in [2.05, 4.69) is 40.9 Å². The predicted octanol–water partition coefficient (Wildman–Crippen LogP) is 5.03. The van der Waals surface area contributed by atoms with Crippen molar-refractivity contribution in [3.8, 4) is 11.3 Å². The number of aryl methyl sites for hydroxylation is 1. The van der Waals surface area contributed by atoms with Crippen LogP contribution < -0.4 is 0 Å². The Labute approximate surface area is 228 Å². The second-order valence-electron chi connectivity index (χ2n) is 10.8. The molecule has 3 aromatic heterocycles. The number of hydrogen-bond donors (Lipinski definition) is 0. The maximum atomic E-state index is 13.8. The molecule has 39 heavy (non-hydrogen) atoms. The van der Waals surface area contributed by atoms with Gasteiger partial charge in [-0.1, -0.05) is 32.0 Å². The topological polar surface area (TPSA) is 83.7 Å². The van der Waals surface area contributed by atoms with Crippen molar-refractivity contribution in [1.82, 2.24) is 29.4 Å². The van der Waals surface area contributed by atoms with Gasteiger partial charge in [0.25, 0.3) is 5.91 Å². The van der Waals surface area contributed by atoms with E-state index in [1.807, 2.05) is 43.0 Å². The first-order valence-electron chi connectivity index (χ1n) is 13.0. The lowest BCUT2D eigenvalue weighted by atomic mass is 9.99. The monoisotopic (exact) mass is 530 g/mol. The Bertz CT molecular complexity index is 1480. The van der Waals surface area contributed by atoms with Gasteiger partial charge in [0.05, 0.1) is 11.9 Å². The molecule has 1 aliphatic heterocycles. The van der Waals surface area contributed by atoms with E-state index in [1.54, 1.807) is 36.0 Å². The van der Waals surface area contributed by atoms with Gasteiger partial charge in [-0.25, -0.2) is 13.9 Å². The maximum absolute atomic E-state index is 13.8. The Morgan fingerprint density at radius 2 is 1.90 bits per heavy atom. The number of aldehydes is 1. The summed E-state index contributed by atoms with van der Waals surface area (Å²) in [5, 5.41) is 4.46. The van der Waals surface area contributed by atoms with Gasteiger partial charge >= 0.3 is 0 Å². The molecule has 5 rings (SSSR count). The predicted molar refractivity (Wildman–Crippen MR) is 149 cm³/mol. The first kappa shape index (κ1) is 28.0. The molecule has 0 aliphatic carbocycles. The third kappa shape index (κ3) is 6.20. The third-order valence-corrected chi connectivity index (χ3v) is 7.17. The van der Waals surface area contributed by atoms with Gasteiger partial charge in [0.15, 0.2) is 11.9 Å². The summed E-state index contributed by atoms with van der Waals surface area (Å²) in [6.45, 7) is 12.6. The zero-order chi connectivity index (χ0) is 28.3. The highest BCUT2D eigenvalue weighted by Crippen LogP contribution is 2.26. The molecule has 0 saturated carbocycles. The molecule has 1 aliphatic rings. The number of likely N-dealkylation sites (N-methyl/N-ethyl adjacent to an activating group) is 1. The minimum atomic E-state index is -0.260. The van der Waals surface area contributed by atoms with E-state index in [0.29, 0.717) is 40.1 Å². The first-order valence-corrected chi connectivity index (χ1v) is 13.0. The van der Waals surface area contributed by atoms with E-state index in [4.69, 9.17) is 0 Å². The summed E-state index contributed by atoms with van der Waals surface area (Å²) in [6.07, 6.45) is 3.95. The van der Waals surface area contributed by atoms with Crippen LogP contribution in [0.4, 0.5) is 4.39 Å². The van der Waals surface area contributed by atoms with Crippen LogP contribution in [0.25, 0.3) is 16.9 Å². The number of nitrogens with zero attached hydrogens (tertiary/aromatic N) is 6. The number of benzene rings is 1. The molecule has 0 unspecified atom stereocenters. The highest BCUT2D eigenvalue weighted by Gasteiger charge is 2.33. The first-order chi connectivity index (χ1) is 18.5. The van der Waals surface area contributed by atoms with Gasteiger partial charge in [0.1, 0.15) is 17.2 Å². The van der Waals surface area contributed by atoms with Crippen LogP contribution in [0.5, 0.6) is 0 Å². The molecule has 204 valence electrons. The summed E-state index contributed by atoms with van der Waals surface area (Å²) in [5.74, 6) is -0.0158. The fraction of sp³-hybridized carbons (Fsp3) is 0.367. The van der Waals surface area contributed by atoms with Gasteiger partial charge in [-0.05, 0) is 63.6 Å². The number of carbonyl (C=O) groups is 2. The average Bonchev–Trinajstić information content (AvgIpc) is 3.35. The fourth-order valence-corrected chi connectivity index (χ4v) is 4.46. The number of pyridine rings is 1. The van der Waals surface area contributed by atoms with Crippen LogP contribution in [0.15, 0.2) is 54.9 Å². The van der Waals surface area contributed by atoms with Gasteiger partial charge in [0, 0.05) is 42.5 Å².